The van der Waals surface area contributed by atoms with Crippen LogP contribution in [0, 0.1) is 18.6 Å². The van der Waals surface area contributed by atoms with E-state index in [1.807, 2.05) is 37.3 Å². The Morgan fingerprint density at radius 1 is 1.07 bits per heavy atom. The van der Waals surface area contributed by atoms with Crippen molar-refractivity contribution in [2.24, 2.45) is 0 Å². The quantitative estimate of drug-likeness (QED) is 0.319. The Bertz CT molecular complexity index is 1690. The maximum atomic E-state index is 16.7. The summed E-state index contributed by atoms with van der Waals surface area (Å²) in [5.74, 6) is -0.850. The number of fused-ring (bicyclic) bond motifs is 5. The number of hydrogen-bond donors (Lipinski definition) is 1. The van der Waals surface area contributed by atoms with Crippen LogP contribution in [0.3, 0.4) is 0 Å². The third kappa shape index (κ3) is 4.00. The standard InChI is InChI=1S/C33H34F3N5O/c1-19-5-2-6-20-7-3-8-24(27(19)20)28-26(35)13-25-30(29(28)36)38-32(39-31(25)41-22-9-10-23(41)16-37-15-22)42-18-33-11-4-12-40(33)17-21(34)14-33/h2-3,5-8,13,21-23,37H,4,9-12,14-18H2,1H3/t21-,22-,23+,33+/m1/s1. The molecule has 0 radical (unpaired) electrons. The number of anilines is 1. The molecule has 0 aliphatic carbocycles. The van der Waals surface area contributed by atoms with E-state index in [0.29, 0.717) is 29.7 Å². The van der Waals surface area contributed by atoms with Crippen LogP contribution in [-0.2, 0) is 0 Å². The fourth-order valence-electron chi connectivity index (χ4n) is 8.18. The highest BCUT2D eigenvalue weighted by atomic mass is 19.1. The summed E-state index contributed by atoms with van der Waals surface area (Å²) in [5, 5.41) is 5.55. The minimum atomic E-state index is -0.884. The zero-order valence-corrected chi connectivity index (χ0v) is 23.7. The van der Waals surface area contributed by atoms with Crippen molar-refractivity contribution >= 4 is 27.5 Å². The molecule has 218 valence electrons. The van der Waals surface area contributed by atoms with Gasteiger partial charge in [0.05, 0.1) is 11.1 Å². The van der Waals surface area contributed by atoms with E-state index in [9.17, 15) is 4.39 Å². The van der Waals surface area contributed by atoms with Gasteiger partial charge >= 0.3 is 6.01 Å². The third-order valence-corrected chi connectivity index (χ3v) is 10.1. The zero-order valence-electron chi connectivity index (χ0n) is 23.7. The molecule has 0 amide bonds. The normalized spacial score (nSPS) is 27.3. The average Bonchev–Trinajstić information content (AvgIpc) is 3.58. The van der Waals surface area contributed by atoms with Crippen molar-refractivity contribution < 1.29 is 17.9 Å². The van der Waals surface area contributed by atoms with Crippen molar-refractivity contribution in [1.29, 1.82) is 0 Å². The SMILES string of the molecule is Cc1cccc2cccc(-c3c(F)cc4c(N5[C@@H]6CC[C@H]5CNC6)nc(OC[C@@]56CCCN5C[C@H](F)C6)nc4c3F)c12. The maximum Gasteiger partial charge on any atom is 0.319 e. The van der Waals surface area contributed by atoms with Gasteiger partial charge in [-0.2, -0.15) is 9.97 Å². The molecule has 0 unspecified atom stereocenters. The van der Waals surface area contributed by atoms with Crippen LogP contribution in [0.15, 0.2) is 42.5 Å². The number of aryl methyl sites for hydroxylation is 1. The molecule has 1 N–H and O–H groups in total. The molecule has 4 atom stereocenters. The Kier molecular flexibility index (Phi) is 6.12. The fourth-order valence-corrected chi connectivity index (χ4v) is 8.18. The molecule has 6 nitrogen and oxygen atoms in total. The Morgan fingerprint density at radius 2 is 1.86 bits per heavy atom. The summed E-state index contributed by atoms with van der Waals surface area (Å²) in [6, 6.07) is 13.2. The first kappa shape index (κ1) is 26.2. The highest BCUT2D eigenvalue weighted by Gasteiger charge is 2.49. The summed E-state index contributed by atoms with van der Waals surface area (Å²) in [6.45, 7) is 5.02. The molecule has 2 bridgehead atoms. The number of ether oxygens (including phenoxy) is 1. The van der Waals surface area contributed by atoms with Gasteiger partial charge in [-0.3, -0.25) is 4.90 Å². The molecule has 4 saturated heterocycles. The Balaban J connectivity index is 1.29. The van der Waals surface area contributed by atoms with Gasteiger partial charge in [-0.1, -0.05) is 36.4 Å². The summed E-state index contributed by atoms with van der Waals surface area (Å²) < 4.78 is 53.6. The van der Waals surface area contributed by atoms with Crippen LogP contribution < -0.4 is 15.0 Å². The predicted molar refractivity (Wildman–Crippen MR) is 158 cm³/mol. The van der Waals surface area contributed by atoms with Gasteiger partial charge in [0.1, 0.15) is 29.9 Å². The Morgan fingerprint density at radius 3 is 2.67 bits per heavy atom. The number of aromatic nitrogens is 2. The molecule has 4 aliphatic heterocycles. The number of nitrogens with one attached hydrogen (secondary N) is 1. The lowest BCUT2D eigenvalue weighted by Crippen LogP contribution is -2.52. The van der Waals surface area contributed by atoms with Crippen molar-refractivity contribution in [2.45, 2.75) is 62.8 Å². The molecule has 3 aromatic carbocycles. The maximum absolute atomic E-state index is 16.7. The second kappa shape index (κ2) is 9.81. The number of alkyl halides is 1. The molecule has 0 saturated carbocycles. The summed E-state index contributed by atoms with van der Waals surface area (Å²) in [6.07, 6.45) is 3.33. The minimum absolute atomic E-state index is 0.0467. The van der Waals surface area contributed by atoms with E-state index in [-0.39, 0.29) is 41.3 Å². The molecule has 1 aromatic heterocycles. The van der Waals surface area contributed by atoms with Gasteiger partial charge in [-0.25, -0.2) is 13.2 Å². The molecule has 4 fully saturated rings. The highest BCUT2D eigenvalue weighted by molar-refractivity contribution is 6.02. The van der Waals surface area contributed by atoms with Crippen LogP contribution in [0.1, 0.15) is 37.7 Å². The molecule has 8 rings (SSSR count). The number of benzene rings is 3. The van der Waals surface area contributed by atoms with Gasteiger partial charge in [0, 0.05) is 43.5 Å². The van der Waals surface area contributed by atoms with E-state index in [1.54, 1.807) is 6.07 Å². The van der Waals surface area contributed by atoms with E-state index in [4.69, 9.17) is 9.72 Å². The molecule has 0 spiro atoms. The van der Waals surface area contributed by atoms with E-state index >= 15 is 8.78 Å². The first-order valence-electron chi connectivity index (χ1n) is 15.1. The zero-order chi connectivity index (χ0) is 28.6. The third-order valence-electron chi connectivity index (χ3n) is 10.1. The molecular formula is C33H34F3N5O. The summed E-state index contributed by atoms with van der Waals surface area (Å²) >= 11 is 0. The van der Waals surface area contributed by atoms with Gasteiger partial charge in [-0.05, 0) is 67.1 Å². The van der Waals surface area contributed by atoms with Crippen molar-refractivity contribution in [2.75, 3.05) is 37.7 Å². The summed E-state index contributed by atoms with van der Waals surface area (Å²) in [7, 11) is 0. The van der Waals surface area contributed by atoms with E-state index < -0.39 is 17.8 Å². The second-order valence-electron chi connectivity index (χ2n) is 12.6. The van der Waals surface area contributed by atoms with Crippen molar-refractivity contribution in [3.8, 4) is 17.1 Å². The summed E-state index contributed by atoms with van der Waals surface area (Å²) in [4.78, 5) is 13.8. The average molecular weight is 574 g/mol. The van der Waals surface area contributed by atoms with E-state index in [0.717, 1.165) is 61.7 Å². The van der Waals surface area contributed by atoms with Gasteiger partial charge in [0.2, 0.25) is 0 Å². The minimum Gasteiger partial charge on any atom is -0.461 e. The van der Waals surface area contributed by atoms with Crippen LogP contribution in [0.2, 0.25) is 0 Å². The van der Waals surface area contributed by atoms with Crippen LogP contribution in [-0.4, -0.2) is 71.4 Å². The van der Waals surface area contributed by atoms with E-state index in [1.165, 1.54) is 6.07 Å². The summed E-state index contributed by atoms with van der Waals surface area (Å²) in [5.41, 5.74) is 0.991. The predicted octanol–water partition coefficient (Wildman–Crippen LogP) is 5.93. The van der Waals surface area contributed by atoms with Crippen LogP contribution >= 0.6 is 0 Å². The number of rotatable bonds is 5. The number of nitrogens with zero attached hydrogens (tertiary/aromatic N) is 4. The van der Waals surface area contributed by atoms with Gasteiger partial charge in [0.25, 0.3) is 0 Å². The topological polar surface area (TPSA) is 53.5 Å². The lowest BCUT2D eigenvalue weighted by molar-refractivity contribution is 0.107. The first-order valence-corrected chi connectivity index (χ1v) is 15.1. The monoisotopic (exact) mass is 573 g/mol. The van der Waals surface area contributed by atoms with Crippen molar-refractivity contribution in [3.05, 3.63) is 59.7 Å². The van der Waals surface area contributed by atoms with Gasteiger partial charge < -0.3 is 15.0 Å². The van der Waals surface area contributed by atoms with Crippen molar-refractivity contribution in [1.82, 2.24) is 20.2 Å². The van der Waals surface area contributed by atoms with Gasteiger partial charge in [-0.15, -0.1) is 0 Å². The van der Waals surface area contributed by atoms with Crippen LogP contribution in [0.5, 0.6) is 6.01 Å². The van der Waals surface area contributed by atoms with Crippen LogP contribution in [0.25, 0.3) is 32.8 Å². The fraction of sp³-hybridized carbons (Fsp3) is 0.455. The molecule has 4 aliphatic rings. The van der Waals surface area contributed by atoms with Crippen molar-refractivity contribution in [3.63, 3.8) is 0 Å². The lowest BCUT2D eigenvalue weighted by atomic mass is 9.93. The number of halogens is 3. The van der Waals surface area contributed by atoms with Gasteiger partial charge in [0.15, 0.2) is 5.82 Å². The molecule has 9 heteroatoms. The highest BCUT2D eigenvalue weighted by Crippen LogP contribution is 2.43. The smallest absolute Gasteiger partial charge is 0.319 e. The van der Waals surface area contributed by atoms with E-state index in [2.05, 4.69) is 20.1 Å². The largest absolute Gasteiger partial charge is 0.461 e. The number of hydrogen-bond acceptors (Lipinski definition) is 6. The molecule has 5 heterocycles. The Labute approximate surface area is 242 Å². The number of piperazine rings is 1. The van der Waals surface area contributed by atoms with Crippen LogP contribution in [0.4, 0.5) is 19.0 Å². The lowest BCUT2D eigenvalue weighted by Gasteiger charge is -2.37. The second-order valence-corrected chi connectivity index (χ2v) is 12.6. The molecule has 42 heavy (non-hydrogen) atoms. The molecular weight excluding hydrogens is 539 g/mol. The first-order chi connectivity index (χ1) is 20.4. The molecule has 4 aromatic rings. The Hall–Kier alpha value is -3.43.